The molecule has 0 fully saturated rings. The van der Waals surface area contributed by atoms with Gasteiger partial charge in [-0.3, -0.25) is 9.00 Å². The molecular formula is C13H19FN2O3S. The van der Waals surface area contributed by atoms with E-state index in [4.69, 9.17) is 10.5 Å². The first kappa shape index (κ1) is 16.6. The van der Waals surface area contributed by atoms with E-state index in [1.54, 1.807) is 14.0 Å². The van der Waals surface area contributed by atoms with Crippen LogP contribution in [0.2, 0.25) is 0 Å². The number of carbonyl (C=O) groups is 1. The Labute approximate surface area is 120 Å². The zero-order valence-corrected chi connectivity index (χ0v) is 12.3. The van der Waals surface area contributed by atoms with Crippen LogP contribution in [0.25, 0.3) is 0 Å². The number of rotatable bonds is 7. The molecule has 2 unspecified atom stereocenters. The number of nitrogens with two attached hydrogens (primary N) is 1. The minimum absolute atomic E-state index is 0.00394. The molecule has 0 aliphatic carbocycles. The topological polar surface area (TPSA) is 81.4 Å². The largest absolute Gasteiger partial charge is 0.399 e. The van der Waals surface area contributed by atoms with Crippen LogP contribution < -0.4 is 11.1 Å². The van der Waals surface area contributed by atoms with Crippen LogP contribution in [-0.2, 0) is 20.3 Å². The van der Waals surface area contributed by atoms with Crippen LogP contribution in [0.1, 0.15) is 13.3 Å². The summed E-state index contributed by atoms with van der Waals surface area (Å²) in [6.45, 7) is 2.03. The highest BCUT2D eigenvalue weighted by Gasteiger charge is 2.20. The molecule has 20 heavy (non-hydrogen) atoms. The van der Waals surface area contributed by atoms with E-state index in [0.717, 1.165) is 0 Å². The molecule has 3 N–H and O–H groups in total. The summed E-state index contributed by atoms with van der Waals surface area (Å²) < 4.78 is 30.2. The fourth-order valence-corrected chi connectivity index (χ4v) is 2.57. The lowest BCUT2D eigenvalue weighted by atomic mass is 10.2. The van der Waals surface area contributed by atoms with Crippen LogP contribution in [0.5, 0.6) is 0 Å². The van der Waals surface area contributed by atoms with Gasteiger partial charge in [0, 0.05) is 36.0 Å². The second kappa shape index (κ2) is 7.96. The predicted octanol–water partition coefficient (Wildman–Crippen LogP) is 1.52. The lowest BCUT2D eigenvalue weighted by Gasteiger charge is -2.13. The summed E-state index contributed by atoms with van der Waals surface area (Å²) in [5, 5.41) is 1.67. The number of methoxy groups -OCH3 is 1. The summed E-state index contributed by atoms with van der Waals surface area (Å²) in [6.07, 6.45) is 0.605. The molecule has 1 aromatic carbocycles. The number of amides is 1. The molecular weight excluding hydrogens is 283 g/mol. The van der Waals surface area contributed by atoms with Gasteiger partial charge < -0.3 is 15.8 Å². The molecule has 1 amide bonds. The van der Waals surface area contributed by atoms with Gasteiger partial charge in [-0.25, -0.2) is 4.39 Å². The summed E-state index contributed by atoms with van der Waals surface area (Å²) in [6, 6.07) is 3.90. The van der Waals surface area contributed by atoms with Gasteiger partial charge in [-0.1, -0.05) is 0 Å². The van der Waals surface area contributed by atoms with Gasteiger partial charge in [0.1, 0.15) is 11.1 Å². The fourth-order valence-electron chi connectivity index (χ4n) is 1.51. The number of hydrogen-bond donors (Lipinski definition) is 2. The highest BCUT2D eigenvalue weighted by atomic mass is 32.2. The Kier molecular flexibility index (Phi) is 6.60. The molecule has 1 aromatic rings. The van der Waals surface area contributed by atoms with Crippen molar-refractivity contribution >= 4 is 28.1 Å². The average molecular weight is 302 g/mol. The van der Waals surface area contributed by atoms with Gasteiger partial charge in [0.05, 0.1) is 5.69 Å². The summed E-state index contributed by atoms with van der Waals surface area (Å²) >= 11 is 0. The predicted molar refractivity (Wildman–Crippen MR) is 78.4 cm³/mol. The number of nitrogens with one attached hydrogen (secondary N) is 1. The van der Waals surface area contributed by atoms with Gasteiger partial charge in [-0.05, 0) is 31.5 Å². The first-order chi connectivity index (χ1) is 9.45. The Morgan fingerprint density at radius 1 is 1.55 bits per heavy atom. The van der Waals surface area contributed by atoms with Crippen molar-refractivity contribution in [1.82, 2.24) is 0 Å². The standard InChI is InChI=1S/C13H19FN2O3S/c1-9(20(18)7-3-6-19-2)13(17)16-12-8-10(15)4-5-11(12)14/h4-5,8-9H,3,6-7,15H2,1-2H3,(H,16,17). The van der Waals surface area contributed by atoms with Gasteiger partial charge in [0.2, 0.25) is 5.91 Å². The zero-order valence-electron chi connectivity index (χ0n) is 11.5. The Morgan fingerprint density at radius 3 is 2.90 bits per heavy atom. The maximum Gasteiger partial charge on any atom is 0.239 e. The number of ether oxygens (including phenoxy) is 1. The third kappa shape index (κ3) is 4.90. The van der Waals surface area contributed by atoms with Crippen molar-refractivity contribution < 1.29 is 18.1 Å². The highest BCUT2D eigenvalue weighted by molar-refractivity contribution is 7.86. The van der Waals surface area contributed by atoms with E-state index in [-0.39, 0.29) is 5.69 Å². The van der Waals surface area contributed by atoms with Crippen molar-refractivity contribution in [3.05, 3.63) is 24.0 Å². The maximum atomic E-state index is 13.5. The number of carbonyl (C=O) groups excluding carboxylic acids is 1. The Balaban J connectivity index is 2.61. The first-order valence-corrected chi connectivity index (χ1v) is 7.56. The van der Waals surface area contributed by atoms with Crippen molar-refractivity contribution in [2.24, 2.45) is 0 Å². The van der Waals surface area contributed by atoms with E-state index in [0.29, 0.717) is 24.5 Å². The summed E-state index contributed by atoms with van der Waals surface area (Å²) in [5.41, 5.74) is 5.87. The number of nitrogen functional groups attached to an aromatic ring is 1. The van der Waals surface area contributed by atoms with Crippen LogP contribution in [-0.4, -0.2) is 34.8 Å². The van der Waals surface area contributed by atoms with E-state index < -0.39 is 27.8 Å². The van der Waals surface area contributed by atoms with Crippen LogP contribution >= 0.6 is 0 Å². The molecule has 0 aliphatic rings. The van der Waals surface area contributed by atoms with Crippen molar-refractivity contribution in [1.29, 1.82) is 0 Å². The lowest BCUT2D eigenvalue weighted by molar-refractivity contribution is -0.115. The fraction of sp³-hybridized carbons (Fsp3) is 0.462. The second-order valence-electron chi connectivity index (χ2n) is 4.30. The summed E-state index contributed by atoms with van der Waals surface area (Å²) in [4.78, 5) is 11.9. The third-order valence-electron chi connectivity index (χ3n) is 2.71. The second-order valence-corrected chi connectivity index (χ2v) is 6.18. The monoisotopic (exact) mass is 302 g/mol. The number of benzene rings is 1. The normalized spacial score (nSPS) is 13.8. The average Bonchev–Trinajstić information content (AvgIpc) is 2.42. The van der Waals surface area contributed by atoms with E-state index in [1.807, 2.05) is 0 Å². The Bertz CT molecular complexity index is 497. The minimum atomic E-state index is -1.33. The molecule has 7 heteroatoms. The highest BCUT2D eigenvalue weighted by Crippen LogP contribution is 2.18. The van der Waals surface area contributed by atoms with E-state index >= 15 is 0 Å². The van der Waals surface area contributed by atoms with Crippen LogP contribution in [0.4, 0.5) is 15.8 Å². The minimum Gasteiger partial charge on any atom is -0.399 e. The van der Waals surface area contributed by atoms with Crippen LogP contribution in [0.3, 0.4) is 0 Å². The molecule has 5 nitrogen and oxygen atoms in total. The van der Waals surface area contributed by atoms with Gasteiger partial charge in [0.15, 0.2) is 0 Å². The molecule has 0 saturated carbocycles. The Hall–Kier alpha value is -1.47. The van der Waals surface area contributed by atoms with Gasteiger partial charge >= 0.3 is 0 Å². The van der Waals surface area contributed by atoms with Crippen molar-refractivity contribution in [2.75, 3.05) is 30.5 Å². The van der Waals surface area contributed by atoms with E-state index in [1.165, 1.54) is 18.2 Å². The molecule has 1 rings (SSSR count). The molecule has 0 heterocycles. The number of halogens is 1. The van der Waals surface area contributed by atoms with Gasteiger partial charge in [-0.2, -0.15) is 0 Å². The molecule has 2 atom stereocenters. The number of anilines is 2. The maximum absolute atomic E-state index is 13.5. The third-order valence-corrected chi connectivity index (χ3v) is 4.40. The molecule has 0 radical (unpaired) electrons. The Morgan fingerprint density at radius 2 is 2.25 bits per heavy atom. The molecule has 0 spiro atoms. The van der Waals surface area contributed by atoms with E-state index in [9.17, 15) is 13.4 Å². The molecule has 0 aromatic heterocycles. The molecule has 0 saturated heterocycles. The van der Waals surface area contributed by atoms with Gasteiger partial charge in [-0.15, -0.1) is 0 Å². The van der Waals surface area contributed by atoms with Crippen molar-refractivity contribution in [3.63, 3.8) is 0 Å². The summed E-state index contributed by atoms with van der Waals surface area (Å²) in [7, 11) is 0.229. The quantitative estimate of drug-likeness (QED) is 0.591. The zero-order chi connectivity index (χ0) is 15.1. The lowest BCUT2D eigenvalue weighted by Crippen LogP contribution is -2.30. The first-order valence-electron chi connectivity index (χ1n) is 6.17. The number of hydrogen-bond acceptors (Lipinski definition) is 4. The van der Waals surface area contributed by atoms with E-state index in [2.05, 4.69) is 5.32 Å². The smallest absolute Gasteiger partial charge is 0.239 e. The van der Waals surface area contributed by atoms with Crippen LogP contribution in [0.15, 0.2) is 18.2 Å². The summed E-state index contributed by atoms with van der Waals surface area (Å²) in [5.74, 6) is -0.711. The van der Waals surface area contributed by atoms with Crippen molar-refractivity contribution in [2.45, 2.75) is 18.6 Å². The molecule has 0 bridgehead atoms. The SMILES string of the molecule is COCCCS(=O)C(C)C(=O)Nc1cc(N)ccc1F. The molecule has 112 valence electrons. The van der Waals surface area contributed by atoms with Crippen molar-refractivity contribution in [3.8, 4) is 0 Å². The molecule has 0 aliphatic heterocycles. The van der Waals surface area contributed by atoms with Crippen LogP contribution in [0, 0.1) is 5.82 Å². The van der Waals surface area contributed by atoms with Gasteiger partial charge in [0.25, 0.3) is 0 Å².